The zero-order valence-electron chi connectivity index (χ0n) is 21.0. The number of amides is 1. The lowest BCUT2D eigenvalue weighted by Crippen LogP contribution is -2.48. The molecule has 0 spiro atoms. The zero-order valence-corrected chi connectivity index (χ0v) is 21.0. The van der Waals surface area contributed by atoms with Crippen LogP contribution in [0.15, 0.2) is 24.4 Å². The number of nitrogens with zero attached hydrogens (tertiary/aromatic N) is 2. The number of aryl methyl sites for hydroxylation is 1. The molecule has 2 aliphatic rings. The van der Waals surface area contributed by atoms with Gasteiger partial charge >= 0.3 is 0 Å². The number of aromatic nitrogens is 1. The van der Waals surface area contributed by atoms with Gasteiger partial charge in [0.05, 0.1) is 18.0 Å². The number of pyridine rings is 1. The Morgan fingerprint density at radius 3 is 2.71 bits per heavy atom. The molecule has 0 unspecified atom stereocenters. The number of halogens is 1. The van der Waals surface area contributed by atoms with E-state index in [4.69, 9.17) is 4.74 Å². The number of nitrogens with one attached hydrogen (secondary N) is 1. The van der Waals surface area contributed by atoms with Crippen LogP contribution in [0.4, 0.5) is 4.39 Å². The average molecular weight is 486 g/mol. The normalized spacial score (nSPS) is 19.1. The summed E-state index contributed by atoms with van der Waals surface area (Å²) in [6, 6.07) is 5.66. The summed E-state index contributed by atoms with van der Waals surface area (Å²) in [5.41, 5.74) is 3.70. The van der Waals surface area contributed by atoms with Gasteiger partial charge in [0, 0.05) is 17.1 Å². The van der Waals surface area contributed by atoms with Crippen molar-refractivity contribution < 1.29 is 19.1 Å². The quantitative estimate of drug-likeness (QED) is 0.339. The maximum Gasteiger partial charge on any atom is 0.249 e. The molecule has 0 bridgehead atoms. The molecule has 0 radical (unpaired) electrons. The summed E-state index contributed by atoms with van der Waals surface area (Å²) in [7, 11) is 1.62. The number of piperidine rings is 1. The monoisotopic (exact) mass is 485 g/mol. The molecule has 4 rings (SSSR count). The lowest BCUT2D eigenvalue weighted by Gasteiger charge is -2.40. The van der Waals surface area contributed by atoms with Crippen molar-refractivity contribution in [2.45, 2.75) is 77.3 Å². The lowest BCUT2D eigenvalue weighted by atomic mass is 9.73. The maximum absolute atomic E-state index is 13.8. The third kappa shape index (κ3) is 6.12. The number of alkyl halides is 1. The fourth-order valence-electron chi connectivity index (χ4n) is 6.16. The minimum Gasteiger partial charge on any atom is -0.497 e. The van der Waals surface area contributed by atoms with Crippen LogP contribution in [0.1, 0.15) is 75.3 Å². The van der Waals surface area contributed by atoms with Gasteiger partial charge in [-0.25, -0.2) is 9.87 Å². The fourth-order valence-corrected chi connectivity index (χ4v) is 6.16. The van der Waals surface area contributed by atoms with Crippen molar-refractivity contribution in [2.75, 3.05) is 26.7 Å². The van der Waals surface area contributed by atoms with E-state index in [1.165, 1.54) is 38.5 Å². The highest BCUT2D eigenvalue weighted by Crippen LogP contribution is 2.38. The molecular formula is C28H40FN3O3. The van der Waals surface area contributed by atoms with E-state index in [9.17, 15) is 14.4 Å². The first-order valence-electron chi connectivity index (χ1n) is 13.3. The molecular weight excluding hydrogens is 445 g/mol. The van der Waals surface area contributed by atoms with Crippen LogP contribution in [-0.4, -0.2) is 47.7 Å². The van der Waals surface area contributed by atoms with Crippen LogP contribution in [0.2, 0.25) is 0 Å². The number of hydrogen-bond acceptors (Lipinski definition) is 5. The van der Waals surface area contributed by atoms with Crippen molar-refractivity contribution in [3.05, 3.63) is 35.5 Å². The van der Waals surface area contributed by atoms with Crippen LogP contribution in [0.25, 0.3) is 10.9 Å². The molecule has 1 aromatic carbocycles. The zero-order chi connectivity index (χ0) is 24.7. The van der Waals surface area contributed by atoms with E-state index < -0.39 is 12.1 Å². The van der Waals surface area contributed by atoms with Crippen molar-refractivity contribution in [3.8, 4) is 5.75 Å². The van der Waals surface area contributed by atoms with Gasteiger partial charge in [-0.2, -0.15) is 0 Å². The minimum absolute atomic E-state index is 0.281. The Balaban J connectivity index is 1.39. The van der Waals surface area contributed by atoms with Crippen LogP contribution in [-0.2, 0) is 17.9 Å². The van der Waals surface area contributed by atoms with Gasteiger partial charge in [0.15, 0.2) is 0 Å². The van der Waals surface area contributed by atoms with Gasteiger partial charge in [0.1, 0.15) is 12.4 Å². The van der Waals surface area contributed by atoms with Gasteiger partial charge in [-0.15, -0.1) is 0 Å². The Morgan fingerprint density at radius 1 is 1.26 bits per heavy atom. The first-order chi connectivity index (χ1) is 17.1. The third-order valence-corrected chi connectivity index (χ3v) is 8.48. The third-order valence-electron chi connectivity index (χ3n) is 8.48. The van der Waals surface area contributed by atoms with Crippen molar-refractivity contribution in [2.24, 2.45) is 11.3 Å². The van der Waals surface area contributed by atoms with Gasteiger partial charge in [0.2, 0.25) is 5.91 Å². The van der Waals surface area contributed by atoms with Crippen LogP contribution < -0.4 is 10.2 Å². The van der Waals surface area contributed by atoms with E-state index in [2.05, 4.69) is 9.88 Å². The van der Waals surface area contributed by atoms with Crippen molar-refractivity contribution in [3.63, 3.8) is 0 Å². The Hall–Kier alpha value is -2.25. The Bertz CT molecular complexity index is 980. The number of hydroxylamine groups is 1. The SMILES string of the molecule is COc1ccc2ncc(CF)c(CCCC3(C(=O)NO)CCN(CCC4CCCCC4)CC3)c2c1. The van der Waals surface area contributed by atoms with E-state index in [-0.39, 0.29) is 5.91 Å². The van der Waals surface area contributed by atoms with Crippen LogP contribution in [0, 0.1) is 11.3 Å². The summed E-state index contributed by atoms with van der Waals surface area (Å²) >= 11 is 0. The summed E-state index contributed by atoms with van der Waals surface area (Å²) in [5.74, 6) is 1.29. The van der Waals surface area contributed by atoms with Crippen molar-refractivity contribution in [1.29, 1.82) is 0 Å². The molecule has 6 nitrogen and oxygen atoms in total. The van der Waals surface area contributed by atoms with Gasteiger partial charge < -0.3 is 9.64 Å². The Labute approximate surface area is 208 Å². The van der Waals surface area contributed by atoms with Crippen molar-refractivity contribution >= 4 is 16.8 Å². The number of methoxy groups -OCH3 is 1. The number of rotatable bonds is 10. The molecule has 2 heterocycles. The number of carbonyl (C=O) groups is 1. The van der Waals surface area contributed by atoms with E-state index in [1.54, 1.807) is 13.3 Å². The molecule has 1 aromatic heterocycles. The number of likely N-dealkylation sites (tertiary alicyclic amines) is 1. The summed E-state index contributed by atoms with van der Waals surface area (Å²) in [6.07, 6.45) is 13.2. The van der Waals surface area contributed by atoms with E-state index in [0.717, 1.165) is 61.3 Å². The predicted octanol–water partition coefficient (Wildman–Crippen LogP) is 5.59. The average Bonchev–Trinajstić information content (AvgIpc) is 2.92. The van der Waals surface area contributed by atoms with Gasteiger partial charge in [-0.3, -0.25) is 15.0 Å². The number of hydrogen-bond donors (Lipinski definition) is 2. The number of benzene rings is 1. The molecule has 1 aliphatic heterocycles. The summed E-state index contributed by atoms with van der Waals surface area (Å²) in [4.78, 5) is 19.7. The standard InChI is InChI=1S/C28H40FN3O3/c1-35-23-9-10-26-25(18-23)24(22(19-29)20-30-26)8-5-12-28(27(33)31-34)13-16-32(17-14-28)15-11-21-6-3-2-4-7-21/h9-10,18,20-21,34H,2-8,11-17,19H2,1H3,(H,31,33). The molecule has 35 heavy (non-hydrogen) atoms. The number of carbonyl (C=O) groups excluding carboxylic acids is 1. The molecule has 1 saturated carbocycles. The van der Waals surface area contributed by atoms with E-state index in [1.807, 2.05) is 23.7 Å². The van der Waals surface area contributed by atoms with E-state index >= 15 is 0 Å². The fraction of sp³-hybridized carbons (Fsp3) is 0.643. The largest absolute Gasteiger partial charge is 0.497 e. The summed E-state index contributed by atoms with van der Waals surface area (Å²) < 4.78 is 19.2. The molecule has 2 fully saturated rings. The molecule has 2 aromatic rings. The molecule has 192 valence electrons. The lowest BCUT2D eigenvalue weighted by molar-refractivity contribution is -0.143. The predicted molar refractivity (Wildman–Crippen MR) is 135 cm³/mol. The topological polar surface area (TPSA) is 74.7 Å². The second kappa shape index (κ2) is 12.1. The number of ether oxygens (including phenoxy) is 1. The Morgan fingerprint density at radius 2 is 2.03 bits per heavy atom. The van der Waals surface area contributed by atoms with Gasteiger partial charge in [-0.05, 0) is 87.8 Å². The van der Waals surface area contributed by atoms with Gasteiger partial charge in [0.25, 0.3) is 0 Å². The molecule has 7 heteroatoms. The molecule has 1 aliphatic carbocycles. The maximum atomic E-state index is 13.8. The molecule has 1 amide bonds. The van der Waals surface area contributed by atoms with Crippen molar-refractivity contribution in [1.82, 2.24) is 15.4 Å². The second-order valence-corrected chi connectivity index (χ2v) is 10.5. The minimum atomic E-state index is -0.577. The first kappa shape index (κ1) is 25.8. The first-order valence-corrected chi connectivity index (χ1v) is 13.3. The highest BCUT2D eigenvalue weighted by molar-refractivity contribution is 5.84. The summed E-state index contributed by atoms with van der Waals surface area (Å²) in [6.45, 7) is 2.29. The molecule has 1 saturated heterocycles. The highest BCUT2D eigenvalue weighted by atomic mass is 19.1. The molecule has 0 atom stereocenters. The van der Waals surface area contributed by atoms with Crippen LogP contribution >= 0.6 is 0 Å². The smallest absolute Gasteiger partial charge is 0.249 e. The van der Waals surface area contributed by atoms with E-state index in [0.29, 0.717) is 24.2 Å². The second-order valence-electron chi connectivity index (χ2n) is 10.5. The summed E-state index contributed by atoms with van der Waals surface area (Å²) in [5, 5.41) is 10.4. The number of fused-ring (bicyclic) bond motifs is 1. The highest BCUT2D eigenvalue weighted by Gasteiger charge is 2.40. The van der Waals surface area contributed by atoms with Crippen LogP contribution in [0.3, 0.4) is 0 Å². The van der Waals surface area contributed by atoms with Gasteiger partial charge in [-0.1, -0.05) is 32.1 Å². The van der Waals surface area contributed by atoms with Crippen LogP contribution in [0.5, 0.6) is 5.75 Å². The molecule has 2 N–H and O–H groups in total. The Kier molecular flexibility index (Phi) is 8.95.